The Morgan fingerprint density at radius 2 is 2.00 bits per heavy atom. The number of nitrogens with zero attached hydrogens (tertiary/aromatic N) is 1. The number of rotatable bonds is 2. The maximum Gasteiger partial charge on any atom is 0.269 e. The number of hydrogen-bond acceptors (Lipinski definition) is 3. The average molecular weight is 222 g/mol. The monoisotopic (exact) mass is 222 g/mol. The highest BCUT2D eigenvalue weighted by atomic mass is 16.2. The molecule has 1 heterocycles. The van der Waals surface area contributed by atoms with E-state index in [-0.39, 0.29) is 22.8 Å². The summed E-state index contributed by atoms with van der Waals surface area (Å²) in [5, 5.41) is 9.33. The maximum atomic E-state index is 11.8. The van der Waals surface area contributed by atoms with Crippen LogP contribution in [0.25, 0.3) is 0 Å². The van der Waals surface area contributed by atoms with Gasteiger partial charge in [0.2, 0.25) is 0 Å². The molecule has 4 N–H and O–H groups in total. The lowest BCUT2D eigenvalue weighted by Gasteiger charge is -2.04. The lowest BCUT2D eigenvalue weighted by Crippen LogP contribution is -2.30. The first-order valence-corrected chi connectivity index (χ1v) is 5.38. The summed E-state index contributed by atoms with van der Waals surface area (Å²) in [5.41, 5.74) is 6.13. The van der Waals surface area contributed by atoms with Gasteiger partial charge in [-0.15, -0.1) is 0 Å². The smallest absolute Gasteiger partial charge is 0.269 e. The third kappa shape index (κ3) is 1.38. The van der Waals surface area contributed by atoms with E-state index >= 15 is 0 Å². The molecule has 16 heavy (non-hydrogen) atoms. The second-order valence-corrected chi connectivity index (χ2v) is 5.56. The molecule has 0 aliphatic heterocycles. The molecule has 0 radical (unpaired) electrons. The van der Waals surface area contributed by atoms with Crippen molar-refractivity contribution in [1.82, 2.24) is 15.5 Å². The predicted octanol–water partition coefficient (Wildman–Crippen LogP) is 1.16. The molecule has 1 saturated carbocycles. The highest BCUT2D eigenvalue weighted by molar-refractivity contribution is 5.93. The van der Waals surface area contributed by atoms with E-state index < -0.39 is 0 Å². The van der Waals surface area contributed by atoms with Crippen molar-refractivity contribution in [3.63, 3.8) is 0 Å². The normalized spacial score (nSPS) is 21.8. The molecule has 0 aromatic carbocycles. The summed E-state index contributed by atoms with van der Waals surface area (Å²) in [4.78, 5) is 11.8. The molecule has 88 valence electrons. The minimum atomic E-state index is -0.146. The fourth-order valence-electron chi connectivity index (χ4n) is 2.22. The molecule has 0 atom stereocenters. The third-order valence-corrected chi connectivity index (χ3v) is 4.14. The highest BCUT2D eigenvalue weighted by Crippen LogP contribution is 2.62. The van der Waals surface area contributed by atoms with Crippen LogP contribution in [-0.4, -0.2) is 22.1 Å². The summed E-state index contributed by atoms with van der Waals surface area (Å²) in [6.45, 7) is 8.61. The predicted molar refractivity (Wildman–Crippen MR) is 61.8 cm³/mol. The van der Waals surface area contributed by atoms with Crippen LogP contribution in [0.15, 0.2) is 6.07 Å². The van der Waals surface area contributed by atoms with Crippen molar-refractivity contribution in [2.75, 3.05) is 5.73 Å². The second-order valence-electron chi connectivity index (χ2n) is 5.56. The number of nitrogen functional groups attached to an aromatic ring is 1. The summed E-state index contributed by atoms with van der Waals surface area (Å²) in [6, 6.07) is 1.73. The van der Waals surface area contributed by atoms with Gasteiger partial charge in [-0.25, -0.2) is 0 Å². The second kappa shape index (κ2) is 2.99. The van der Waals surface area contributed by atoms with Gasteiger partial charge in [0, 0.05) is 12.1 Å². The Morgan fingerprint density at radius 1 is 1.44 bits per heavy atom. The Labute approximate surface area is 94.8 Å². The fourth-order valence-corrected chi connectivity index (χ4v) is 2.22. The number of carbonyl (C=O) groups is 1. The number of anilines is 1. The van der Waals surface area contributed by atoms with E-state index in [4.69, 9.17) is 5.73 Å². The van der Waals surface area contributed by atoms with Gasteiger partial charge in [-0.1, -0.05) is 27.7 Å². The van der Waals surface area contributed by atoms with Crippen LogP contribution in [0.3, 0.4) is 0 Å². The van der Waals surface area contributed by atoms with Crippen LogP contribution in [0.4, 0.5) is 5.82 Å². The molecule has 1 amide bonds. The number of amides is 1. The molecule has 5 nitrogen and oxygen atoms in total. The molecule has 0 unspecified atom stereocenters. The molecule has 1 fully saturated rings. The van der Waals surface area contributed by atoms with Crippen LogP contribution in [0, 0.1) is 10.8 Å². The number of aromatic nitrogens is 2. The summed E-state index contributed by atoms with van der Waals surface area (Å²) in [6.07, 6.45) is 0. The van der Waals surface area contributed by atoms with Gasteiger partial charge in [0.25, 0.3) is 5.91 Å². The molecular weight excluding hydrogens is 204 g/mol. The van der Waals surface area contributed by atoms with Gasteiger partial charge in [-0.05, 0) is 10.8 Å². The summed E-state index contributed by atoms with van der Waals surface area (Å²) >= 11 is 0. The third-order valence-electron chi connectivity index (χ3n) is 4.14. The molecule has 1 aliphatic carbocycles. The number of nitrogens with one attached hydrogen (secondary N) is 2. The molecule has 1 aromatic rings. The Morgan fingerprint density at radius 3 is 2.38 bits per heavy atom. The van der Waals surface area contributed by atoms with Crippen molar-refractivity contribution in [3.8, 4) is 0 Å². The number of aromatic amines is 1. The van der Waals surface area contributed by atoms with Gasteiger partial charge in [-0.2, -0.15) is 5.10 Å². The lowest BCUT2D eigenvalue weighted by atomic mass is 10.0. The largest absolute Gasteiger partial charge is 0.382 e. The van der Waals surface area contributed by atoms with Crippen molar-refractivity contribution in [2.45, 2.75) is 33.7 Å². The van der Waals surface area contributed by atoms with E-state index in [0.29, 0.717) is 11.5 Å². The molecular formula is C11H18N4O. The van der Waals surface area contributed by atoms with E-state index in [1.807, 2.05) is 0 Å². The zero-order valence-corrected chi connectivity index (χ0v) is 10.1. The van der Waals surface area contributed by atoms with Crippen molar-refractivity contribution in [1.29, 1.82) is 0 Å². The van der Waals surface area contributed by atoms with Crippen LogP contribution < -0.4 is 11.1 Å². The van der Waals surface area contributed by atoms with Crippen LogP contribution >= 0.6 is 0 Å². The van der Waals surface area contributed by atoms with E-state index in [1.165, 1.54) is 6.07 Å². The topological polar surface area (TPSA) is 83.8 Å². The van der Waals surface area contributed by atoms with Crippen LogP contribution in [0.5, 0.6) is 0 Å². The standard InChI is InChI=1S/C11H18N4O/c1-10(2)9(11(10,3)4)13-8(16)6-5-7(12)15-14-6/h5,9H,1-4H3,(H,13,16)(H3,12,14,15). The zero-order chi connectivity index (χ0) is 12.1. The quantitative estimate of drug-likeness (QED) is 0.702. The first-order valence-electron chi connectivity index (χ1n) is 5.38. The van der Waals surface area contributed by atoms with Gasteiger partial charge in [0.1, 0.15) is 11.5 Å². The van der Waals surface area contributed by atoms with E-state index in [9.17, 15) is 4.79 Å². The number of H-pyrrole nitrogens is 1. The van der Waals surface area contributed by atoms with Crippen LogP contribution in [0.1, 0.15) is 38.2 Å². The van der Waals surface area contributed by atoms with E-state index in [2.05, 4.69) is 43.2 Å². The maximum absolute atomic E-state index is 11.8. The highest BCUT2D eigenvalue weighted by Gasteiger charge is 2.65. The Balaban J connectivity index is 2.06. The fraction of sp³-hybridized carbons (Fsp3) is 0.636. The summed E-state index contributed by atoms with van der Waals surface area (Å²) in [5.74, 6) is 0.187. The number of nitrogens with two attached hydrogens (primary N) is 1. The molecule has 1 aliphatic rings. The van der Waals surface area contributed by atoms with Gasteiger partial charge in [0.05, 0.1) is 0 Å². The van der Waals surface area contributed by atoms with Crippen molar-refractivity contribution < 1.29 is 4.79 Å². The Kier molecular flexibility index (Phi) is 2.05. The lowest BCUT2D eigenvalue weighted by molar-refractivity contribution is 0.0938. The van der Waals surface area contributed by atoms with Crippen molar-refractivity contribution >= 4 is 11.7 Å². The van der Waals surface area contributed by atoms with Gasteiger partial charge >= 0.3 is 0 Å². The van der Waals surface area contributed by atoms with Crippen LogP contribution in [-0.2, 0) is 0 Å². The van der Waals surface area contributed by atoms with Gasteiger partial charge < -0.3 is 11.1 Å². The SMILES string of the molecule is CC1(C)C(NC(=O)c2cc(N)n[nH]2)C1(C)C. The average Bonchev–Trinajstić information content (AvgIpc) is 2.58. The molecule has 2 rings (SSSR count). The Bertz CT molecular complexity index is 419. The van der Waals surface area contributed by atoms with E-state index in [1.54, 1.807) is 0 Å². The van der Waals surface area contributed by atoms with Crippen molar-refractivity contribution in [3.05, 3.63) is 11.8 Å². The minimum absolute atomic E-state index is 0.133. The van der Waals surface area contributed by atoms with Gasteiger partial charge in [0.15, 0.2) is 0 Å². The zero-order valence-electron chi connectivity index (χ0n) is 10.1. The molecule has 1 aromatic heterocycles. The van der Waals surface area contributed by atoms with Gasteiger partial charge in [-0.3, -0.25) is 9.89 Å². The molecule has 0 bridgehead atoms. The van der Waals surface area contributed by atoms with Crippen molar-refractivity contribution in [2.24, 2.45) is 10.8 Å². The van der Waals surface area contributed by atoms with Crippen LogP contribution in [0.2, 0.25) is 0 Å². The summed E-state index contributed by atoms with van der Waals surface area (Å²) in [7, 11) is 0. The molecule has 5 heteroatoms. The molecule has 0 spiro atoms. The first kappa shape index (κ1) is 11.0. The molecule has 0 saturated heterocycles. The minimum Gasteiger partial charge on any atom is -0.382 e. The summed E-state index contributed by atoms with van der Waals surface area (Å²) < 4.78 is 0. The number of carbonyl (C=O) groups excluding carboxylic acids is 1. The Hall–Kier alpha value is -1.52. The first-order chi connectivity index (χ1) is 7.26. The van der Waals surface area contributed by atoms with E-state index in [0.717, 1.165) is 0 Å². The number of hydrogen-bond donors (Lipinski definition) is 3.